The lowest BCUT2D eigenvalue weighted by Crippen LogP contribution is -2.05. The Kier molecular flexibility index (Phi) is 2.37. The van der Waals surface area contributed by atoms with Crippen molar-refractivity contribution in [2.75, 3.05) is 0 Å². The first-order valence-electron chi connectivity index (χ1n) is 5.76. The maximum atomic E-state index is 11.8. The van der Waals surface area contributed by atoms with E-state index in [2.05, 4.69) is 23.1 Å². The molecule has 1 saturated carbocycles. The summed E-state index contributed by atoms with van der Waals surface area (Å²) >= 11 is 0. The van der Waals surface area contributed by atoms with Crippen LogP contribution in [0.1, 0.15) is 18.2 Å². The molecule has 1 aliphatic rings. The number of rotatable bonds is 3. The molecule has 0 N–H and O–H groups in total. The third kappa shape index (κ3) is 1.66. The van der Waals surface area contributed by atoms with Gasteiger partial charge in [0, 0.05) is 12.1 Å². The van der Waals surface area contributed by atoms with Gasteiger partial charge in [-0.15, -0.1) is 0 Å². The van der Waals surface area contributed by atoms with Crippen LogP contribution in [0.3, 0.4) is 0 Å². The summed E-state index contributed by atoms with van der Waals surface area (Å²) in [6.45, 7) is 7.61. The molecule has 4 heteroatoms. The molecule has 2 aromatic heterocycles. The molecule has 4 nitrogen and oxygen atoms in total. The topological polar surface area (TPSA) is 56.0 Å². The van der Waals surface area contributed by atoms with Gasteiger partial charge in [0.1, 0.15) is 0 Å². The molecule has 0 spiro atoms. The van der Waals surface area contributed by atoms with Gasteiger partial charge in [-0.25, -0.2) is 9.78 Å². The minimum absolute atomic E-state index is 0.146. The van der Waals surface area contributed by atoms with Crippen molar-refractivity contribution < 1.29 is 4.42 Å². The molecular weight excluding hydrogens is 228 g/mol. The van der Waals surface area contributed by atoms with E-state index < -0.39 is 0 Å². The molecule has 2 atom stereocenters. The lowest BCUT2D eigenvalue weighted by Gasteiger charge is -2.00. The number of hydrogen-bond acceptors (Lipinski definition) is 4. The van der Waals surface area contributed by atoms with E-state index in [0.717, 1.165) is 12.0 Å². The van der Waals surface area contributed by atoms with Gasteiger partial charge in [0.15, 0.2) is 0 Å². The third-order valence-corrected chi connectivity index (χ3v) is 3.29. The summed E-state index contributed by atoms with van der Waals surface area (Å²) in [7, 11) is 0. The van der Waals surface area contributed by atoms with E-state index in [0.29, 0.717) is 22.7 Å². The monoisotopic (exact) mass is 240 g/mol. The van der Waals surface area contributed by atoms with Gasteiger partial charge in [0.25, 0.3) is 0 Å². The van der Waals surface area contributed by atoms with E-state index in [-0.39, 0.29) is 11.5 Å². The average Bonchev–Trinajstić information content (AvgIpc) is 3.18. The molecule has 0 radical (unpaired) electrons. The second kappa shape index (κ2) is 3.91. The number of hydrogen-bond donors (Lipinski definition) is 0. The van der Waals surface area contributed by atoms with Gasteiger partial charge in [-0.1, -0.05) is 24.8 Å². The lowest BCUT2D eigenvalue weighted by atomic mass is 10.1. The van der Waals surface area contributed by atoms with Crippen molar-refractivity contribution in [1.29, 1.82) is 0 Å². The van der Waals surface area contributed by atoms with Crippen LogP contribution in [-0.2, 0) is 0 Å². The van der Waals surface area contributed by atoms with Gasteiger partial charge in [-0.2, -0.15) is 0 Å². The normalized spacial score (nSPS) is 21.8. The first-order valence-corrected chi connectivity index (χ1v) is 5.76. The Balaban J connectivity index is 2.03. The molecule has 2 unspecified atom stereocenters. The molecule has 90 valence electrons. The molecular formula is C14H12N2O2. The second-order valence-electron chi connectivity index (χ2n) is 4.46. The predicted molar refractivity (Wildman–Crippen MR) is 68.3 cm³/mol. The van der Waals surface area contributed by atoms with Crippen molar-refractivity contribution in [1.82, 2.24) is 9.97 Å². The maximum absolute atomic E-state index is 11.8. The van der Waals surface area contributed by atoms with Crippen molar-refractivity contribution >= 4 is 10.9 Å². The van der Waals surface area contributed by atoms with Crippen LogP contribution < -0.4 is 5.63 Å². The zero-order valence-corrected chi connectivity index (χ0v) is 9.80. The van der Waals surface area contributed by atoms with Gasteiger partial charge in [-0.3, -0.25) is 4.98 Å². The van der Waals surface area contributed by atoms with Crippen molar-refractivity contribution in [3.8, 4) is 0 Å². The molecule has 2 heterocycles. The lowest BCUT2D eigenvalue weighted by molar-refractivity contribution is 0.442. The van der Waals surface area contributed by atoms with Crippen LogP contribution in [0.25, 0.3) is 10.9 Å². The second-order valence-corrected chi connectivity index (χ2v) is 4.46. The van der Waals surface area contributed by atoms with Gasteiger partial charge in [0.2, 0.25) is 5.89 Å². The largest absolute Gasteiger partial charge is 0.408 e. The number of pyridine rings is 1. The van der Waals surface area contributed by atoms with Crippen LogP contribution in [0, 0.1) is 5.92 Å². The zero-order valence-electron chi connectivity index (χ0n) is 9.80. The van der Waals surface area contributed by atoms with Crippen LogP contribution in [0.4, 0.5) is 0 Å². The molecule has 0 saturated heterocycles. The summed E-state index contributed by atoms with van der Waals surface area (Å²) in [5, 5.41) is 0.466. The maximum Gasteiger partial charge on any atom is 0.346 e. The summed E-state index contributed by atoms with van der Waals surface area (Å²) in [5.41, 5.74) is 1.20. The molecule has 0 bridgehead atoms. The molecule has 1 aliphatic carbocycles. The fourth-order valence-corrected chi connectivity index (χ4v) is 2.13. The van der Waals surface area contributed by atoms with E-state index in [4.69, 9.17) is 4.42 Å². The number of nitrogens with zero attached hydrogens (tertiary/aromatic N) is 2. The first kappa shape index (κ1) is 10.9. The van der Waals surface area contributed by atoms with E-state index in [1.54, 1.807) is 24.5 Å². The highest BCUT2D eigenvalue weighted by Crippen LogP contribution is 2.50. The minimum atomic E-state index is -0.354. The van der Waals surface area contributed by atoms with Crippen LogP contribution in [0.5, 0.6) is 0 Å². The average molecular weight is 240 g/mol. The summed E-state index contributed by atoms with van der Waals surface area (Å²) in [6, 6.07) is 1.62. The van der Waals surface area contributed by atoms with E-state index >= 15 is 0 Å². The summed E-state index contributed by atoms with van der Waals surface area (Å²) in [4.78, 5) is 20.1. The molecule has 18 heavy (non-hydrogen) atoms. The van der Waals surface area contributed by atoms with Gasteiger partial charge < -0.3 is 4.42 Å². The predicted octanol–water partition coefficient (Wildman–Crippen LogP) is 2.43. The standard InChI is InChI=1S/C14H12N2O2/c1-3-8(2)10-6-11(10)13-16-12-7-15-5-4-9(12)14(17)18-13/h3-5,7,10-11H,1-2,6H2. The Hall–Kier alpha value is -2.23. The van der Waals surface area contributed by atoms with Gasteiger partial charge in [-0.05, 0) is 18.4 Å². The van der Waals surface area contributed by atoms with Crippen LogP contribution >= 0.6 is 0 Å². The van der Waals surface area contributed by atoms with Crippen molar-refractivity contribution in [3.63, 3.8) is 0 Å². The van der Waals surface area contributed by atoms with E-state index in [1.807, 2.05) is 0 Å². The Bertz CT molecular complexity index is 702. The number of aromatic nitrogens is 2. The number of allylic oxidation sites excluding steroid dienone is 2. The van der Waals surface area contributed by atoms with Gasteiger partial charge in [0.05, 0.1) is 17.1 Å². The van der Waals surface area contributed by atoms with E-state index in [9.17, 15) is 4.79 Å². The molecule has 1 fully saturated rings. The first-order chi connectivity index (χ1) is 8.70. The highest BCUT2D eigenvalue weighted by Gasteiger charge is 2.42. The van der Waals surface area contributed by atoms with Crippen LogP contribution in [-0.4, -0.2) is 9.97 Å². The Morgan fingerprint density at radius 2 is 2.39 bits per heavy atom. The Morgan fingerprint density at radius 1 is 1.56 bits per heavy atom. The molecule has 3 rings (SSSR count). The SMILES string of the molecule is C=CC(=C)C1CC1c1nc2cnccc2c(=O)o1. The highest BCUT2D eigenvalue weighted by atomic mass is 16.4. The minimum Gasteiger partial charge on any atom is -0.408 e. The highest BCUT2D eigenvalue weighted by molar-refractivity contribution is 5.75. The smallest absolute Gasteiger partial charge is 0.346 e. The molecule has 0 amide bonds. The summed E-state index contributed by atoms with van der Waals surface area (Å²) < 4.78 is 5.27. The van der Waals surface area contributed by atoms with Crippen molar-refractivity contribution in [3.05, 3.63) is 59.6 Å². The molecule has 0 aliphatic heterocycles. The quantitative estimate of drug-likeness (QED) is 0.773. The summed E-state index contributed by atoms with van der Waals surface area (Å²) in [5.74, 6) is 0.925. The van der Waals surface area contributed by atoms with Crippen LogP contribution in [0.15, 0.2) is 52.5 Å². The zero-order chi connectivity index (χ0) is 12.7. The number of fused-ring (bicyclic) bond motifs is 1. The Labute approximate surface area is 104 Å². The van der Waals surface area contributed by atoms with E-state index in [1.165, 1.54) is 0 Å². The molecule has 0 aromatic carbocycles. The Morgan fingerprint density at radius 3 is 3.17 bits per heavy atom. The summed E-state index contributed by atoms with van der Waals surface area (Å²) in [6.07, 6.45) is 5.79. The van der Waals surface area contributed by atoms with Crippen molar-refractivity contribution in [2.24, 2.45) is 5.92 Å². The van der Waals surface area contributed by atoms with Gasteiger partial charge >= 0.3 is 5.63 Å². The fraction of sp³-hybridized carbons (Fsp3) is 0.214. The van der Waals surface area contributed by atoms with Crippen LogP contribution in [0.2, 0.25) is 0 Å². The third-order valence-electron chi connectivity index (χ3n) is 3.29. The fourth-order valence-electron chi connectivity index (χ4n) is 2.13. The van der Waals surface area contributed by atoms with Crippen molar-refractivity contribution in [2.45, 2.75) is 12.3 Å². The molecule has 2 aromatic rings.